The van der Waals surface area contributed by atoms with Gasteiger partial charge in [-0.3, -0.25) is 4.90 Å². The van der Waals surface area contributed by atoms with Gasteiger partial charge in [0, 0.05) is 43.0 Å². The number of aromatic amines is 1. The molecule has 0 saturated carbocycles. The summed E-state index contributed by atoms with van der Waals surface area (Å²) in [6.07, 6.45) is 3.77. The van der Waals surface area contributed by atoms with E-state index in [0.717, 1.165) is 50.0 Å². The van der Waals surface area contributed by atoms with Gasteiger partial charge in [-0.05, 0) is 79.6 Å². The molecule has 0 bridgehead atoms. The molecule has 1 unspecified atom stereocenters. The van der Waals surface area contributed by atoms with Crippen LogP contribution in [0.15, 0.2) is 60.9 Å². The van der Waals surface area contributed by atoms with Gasteiger partial charge in [0.1, 0.15) is 17.9 Å². The van der Waals surface area contributed by atoms with Crippen LogP contribution in [-0.4, -0.2) is 63.9 Å². The molecule has 4 heterocycles. The highest BCUT2D eigenvalue weighted by Crippen LogP contribution is 2.37. The van der Waals surface area contributed by atoms with E-state index in [1.54, 1.807) is 9.80 Å². The molecule has 224 valence electrons. The molecular formula is C34H38N4O5. The van der Waals surface area contributed by atoms with E-state index in [1.165, 1.54) is 0 Å². The van der Waals surface area contributed by atoms with Gasteiger partial charge in [-0.25, -0.2) is 14.6 Å². The van der Waals surface area contributed by atoms with Gasteiger partial charge in [-0.2, -0.15) is 0 Å². The molecule has 0 aliphatic carbocycles. The number of nitrogens with zero attached hydrogens (tertiary/aromatic N) is 3. The van der Waals surface area contributed by atoms with Crippen molar-refractivity contribution in [3.8, 4) is 11.1 Å². The first kappa shape index (κ1) is 28.7. The van der Waals surface area contributed by atoms with Crippen LogP contribution >= 0.6 is 0 Å². The summed E-state index contributed by atoms with van der Waals surface area (Å²) in [7, 11) is 0. The van der Waals surface area contributed by atoms with Gasteiger partial charge in [0.2, 0.25) is 0 Å². The molecule has 0 radical (unpaired) electrons. The summed E-state index contributed by atoms with van der Waals surface area (Å²) in [5.74, 6) is 0. The molecule has 0 spiro atoms. The lowest BCUT2D eigenvalue weighted by molar-refractivity contribution is -0.0334. The molecule has 4 aromatic rings. The fourth-order valence-corrected chi connectivity index (χ4v) is 5.82. The molecule has 1 fully saturated rings. The second-order valence-corrected chi connectivity index (χ2v) is 12.3. The lowest BCUT2D eigenvalue weighted by Crippen LogP contribution is -2.46. The maximum Gasteiger partial charge on any atom is 0.410 e. The van der Waals surface area contributed by atoms with Crippen LogP contribution in [0.25, 0.3) is 22.2 Å². The quantitative estimate of drug-likeness (QED) is 0.293. The first-order chi connectivity index (χ1) is 20.7. The van der Waals surface area contributed by atoms with Gasteiger partial charge < -0.3 is 24.1 Å². The fraction of sp³-hybridized carbons (Fsp3) is 0.382. The van der Waals surface area contributed by atoms with Gasteiger partial charge in [0.25, 0.3) is 0 Å². The van der Waals surface area contributed by atoms with E-state index in [9.17, 15) is 9.59 Å². The van der Waals surface area contributed by atoms with Crippen molar-refractivity contribution in [3.63, 3.8) is 0 Å². The molecule has 43 heavy (non-hydrogen) atoms. The summed E-state index contributed by atoms with van der Waals surface area (Å²) in [6, 6.07) is 15.8. The minimum atomic E-state index is -0.629. The highest BCUT2D eigenvalue weighted by atomic mass is 16.6. The molecule has 9 heteroatoms. The van der Waals surface area contributed by atoms with E-state index in [0.29, 0.717) is 39.3 Å². The Morgan fingerprint density at radius 2 is 1.88 bits per heavy atom. The first-order valence-corrected chi connectivity index (χ1v) is 14.8. The van der Waals surface area contributed by atoms with Crippen molar-refractivity contribution in [2.45, 2.75) is 58.9 Å². The van der Waals surface area contributed by atoms with E-state index in [2.05, 4.69) is 35.1 Å². The summed E-state index contributed by atoms with van der Waals surface area (Å²) in [5, 5.41) is 1.07. The molecule has 1 saturated heterocycles. The van der Waals surface area contributed by atoms with Crippen LogP contribution in [0.4, 0.5) is 9.59 Å². The average Bonchev–Trinajstić information content (AvgIpc) is 3.38. The topological polar surface area (TPSA) is 97.0 Å². The summed E-state index contributed by atoms with van der Waals surface area (Å²) in [4.78, 5) is 38.0. The van der Waals surface area contributed by atoms with Crippen molar-refractivity contribution in [1.29, 1.82) is 0 Å². The number of carbonyl (C=O) groups excluding carboxylic acids is 2. The minimum Gasteiger partial charge on any atom is -0.445 e. The molecule has 2 amide bonds. The number of amides is 2. The van der Waals surface area contributed by atoms with Crippen molar-refractivity contribution in [3.05, 3.63) is 88.7 Å². The normalized spacial score (nSPS) is 17.1. The lowest BCUT2D eigenvalue weighted by atomic mass is 9.87. The number of hydrogen-bond acceptors (Lipinski definition) is 6. The lowest BCUT2D eigenvalue weighted by Gasteiger charge is -2.39. The Labute approximate surface area is 251 Å². The predicted octanol–water partition coefficient (Wildman–Crippen LogP) is 6.54. The summed E-state index contributed by atoms with van der Waals surface area (Å²) in [6.45, 7) is 9.98. The van der Waals surface area contributed by atoms with Crippen LogP contribution in [0.5, 0.6) is 0 Å². The number of ether oxygens (including phenoxy) is 3. The number of aromatic nitrogens is 2. The van der Waals surface area contributed by atoms with Crippen LogP contribution < -0.4 is 0 Å². The molecule has 1 N–H and O–H groups in total. The smallest absolute Gasteiger partial charge is 0.410 e. The van der Waals surface area contributed by atoms with Crippen molar-refractivity contribution in [2.75, 3.05) is 26.3 Å². The Balaban J connectivity index is 1.37. The maximum atomic E-state index is 13.4. The Morgan fingerprint density at radius 1 is 1.07 bits per heavy atom. The second-order valence-electron chi connectivity index (χ2n) is 12.3. The van der Waals surface area contributed by atoms with E-state index < -0.39 is 5.60 Å². The molecule has 2 aromatic heterocycles. The average molecular weight is 583 g/mol. The molecule has 2 aliphatic rings. The zero-order chi connectivity index (χ0) is 30.1. The number of rotatable bonds is 4. The highest BCUT2D eigenvalue weighted by molar-refractivity contribution is 5.85. The zero-order valence-corrected chi connectivity index (χ0v) is 25.2. The Bertz CT molecular complexity index is 1640. The Morgan fingerprint density at radius 3 is 2.67 bits per heavy atom. The Kier molecular flexibility index (Phi) is 7.83. The third-order valence-corrected chi connectivity index (χ3v) is 8.03. The zero-order valence-electron chi connectivity index (χ0n) is 25.2. The third-order valence-electron chi connectivity index (χ3n) is 8.03. The second kappa shape index (κ2) is 11.7. The van der Waals surface area contributed by atoms with Crippen LogP contribution in [0, 0.1) is 6.92 Å². The number of hydrogen-bond donors (Lipinski definition) is 1. The van der Waals surface area contributed by atoms with E-state index in [4.69, 9.17) is 14.2 Å². The molecular weight excluding hydrogens is 544 g/mol. The van der Waals surface area contributed by atoms with Gasteiger partial charge in [-0.1, -0.05) is 36.4 Å². The molecule has 2 aliphatic heterocycles. The molecule has 6 rings (SSSR count). The number of aryl methyl sites for hydroxylation is 1. The minimum absolute atomic E-state index is 0.214. The molecule has 2 aromatic carbocycles. The van der Waals surface area contributed by atoms with Crippen molar-refractivity contribution < 1.29 is 23.8 Å². The van der Waals surface area contributed by atoms with Crippen LogP contribution in [0.1, 0.15) is 54.6 Å². The largest absolute Gasteiger partial charge is 0.445 e. The first-order valence-electron chi connectivity index (χ1n) is 14.8. The number of H-pyrrole nitrogens is 1. The summed E-state index contributed by atoms with van der Waals surface area (Å²) < 4.78 is 17.4. The highest BCUT2D eigenvalue weighted by Gasteiger charge is 2.36. The van der Waals surface area contributed by atoms with Crippen molar-refractivity contribution >= 4 is 23.2 Å². The predicted molar refractivity (Wildman–Crippen MR) is 164 cm³/mol. The summed E-state index contributed by atoms with van der Waals surface area (Å²) in [5.41, 5.74) is 7.39. The summed E-state index contributed by atoms with van der Waals surface area (Å²) >= 11 is 0. The third kappa shape index (κ3) is 6.22. The van der Waals surface area contributed by atoms with Gasteiger partial charge in [0.05, 0.1) is 19.3 Å². The number of fused-ring (bicyclic) bond motifs is 2. The number of carbonyl (C=O) groups is 2. The van der Waals surface area contributed by atoms with Gasteiger partial charge in [-0.15, -0.1) is 0 Å². The van der Waals surface area contributed by atoms with Crippen molar-refractivity contribution in [2.24, 2.45) is 0 Å². The van der Waals surface area contributed by atoms with Crippen LogP contribution in [0.3, 0.4) is 0 Å². The van der Waals surface area contributed by atoms with E-state index >= 15 is 0 Å². The number of benzene rings is 2. The Hall–Kier alpha value is -4.37. The monoisotopic (exact) mass is 582 g/mol. The van der Waals surface area contributed by atoms with Gasteiger partial charge >= 0.3 is 12.2 Å². The SMILES string of the molecule is Cc1c[nH]c2ncc(-c3cc4c(c(C5COCCN5C(=O)OC(C)(C)C)c3)CN(C(=O)OCc3ccccc3)CC4)cc12. The van der Waals surface area contributed by atoms with Crippen molar-refractivity contribution in [1.82, 2.24) is 19.8 Å². The molecule has 9 nitrogen and oxygen atoms in total. The van der Waals surface area contributed by atoms with Crippen LogP contribution in [0.2, 0.25) is 0 Å². The maximum absolute atomic E-state index is 13.4. The van der Waals surface area contributed by atoms with E-state index in [1.807, 2.05) is 63.5 Å². The number of pyridine rings is 1. The van der Waals surface area contributed by atoms with Gasteiger partial charge in [0.15, 0.2) is 0 Å². The standard InChI is InChI=1S/C34H38N4O5/c1-22-17-35-31-27(22)16-26(18-36-31)25-14-24-10-11-37(32(39)42-20-23-8-6-5-7-9-23)19-29(24)28(15-25)30-21-41-13-12-38(30)33(40)43-34(2,3)4/h5-9,14-18,30H,10-13,19-21H2,1-4H3,(H,35,36). The number of nitrogens with one attached hydrogen (secondary N) is 1. The van der Waals surface area contributed by atoms with E-state index in [-0.39, 0.29) is 24.8 Å². The fourth-order valence-electron chi connectivity index (χ4n) is 5.82. The van der Waals surface area contributed by atoms with Crippen LogP contribution in [-0.2, 0) is 33.8 Å². The number of morpholine rings is 1. The molecule has 1 atom stereocenters.